The quantitative estimate of drug-likeness (QED) is 0.600. The molecule has 0 bridgehead atoms. The van der Waals surface area contributed by atoms with Crippen molar-refractivity contribution < 1.29 is 4.74 Å². The molecule has 1 aliphatic heterocycles. The van der Waals surface area contributed by atoms with E-state index >= 15 is 0 Å². The zero-order valence-electron chi connectivity index (χ0n) is 9.99. The normalized spacial score (nSPS) is 58.6. The maximum absolute atomic E-state index is 6.39. The second-order valence-corrected chi connectivity index (χ2v) is 8.42. The van der Waals surface area contributed by atoms with Crippen LogP contribution in [0.1, 0.15) is 32.6 Å². The van der Waals surface area contributed by atoms with Crippen LogP contribution in [0.3, 0.4) is 0 Å². The van der Waals surface area contributed by atoms with Crippen LogP contribution in [-0.4, -0.2) is 27.8 Å². The Morgan fingerprint density at radius 2 is 1.76 bits per heavy atom. The first-order valence-corrected chi connectivity index (χ1v) is 8.42. The maximum atomic E-state index is 6.39. The van der Waals surface area contributed by atoms with Gasteiger partial charge < -0.3 is 4.74 Å². The van der Waals surface area contributed by atoms with Gasteiger partial charge in [-0.15, -0.1) is 23.2 Å². The van der Waals surface area contributed by atoms with Gasteiger partial charge in [0.05, 0.1) is 12.2 Å². The van der Waals surface area contributed by atoms with Gasteiger partial charge in [0.1, 0.15) is 0 Å². The van der Waals surface area contributed by atoms with Crippen LogP contribution < -0.4 is 0 Å². The summed E-state index contributed by atoms with van der Waals surface area (Å²) in [5.41, 5.74) is 0. The van der Waals surface area contributed by atoms with Crippen LogP contribution in [0.15, 0.2) is 0 Å². The lowest BCUT2D eigenvalue weighted by Gasteiger charge is -2.38. The van der Waals surface area contributed by atoms with Gasteiger partial charge in [-0.05, 0) is 37.5 Å². The Morgan fingerprint density at radius 3 is 2.53 bits per heavy atom. The third-order valence-electron chi connectivity index (χ3n) is 4.78. The average Bonchev–Trinajstić information content (AvgIpc) is 2.56. The largest absolute Gasteiger partial charge is 0.374 e. The van der Waals surface area contributed by atoms with E-state index in [0.29, 0.717) is 40.2 Å². The first-order valence-electron chi connectivity index (χ1n) is 6.64. The molecule has 3 fully saturated rings. The maximum Gasteiger partial charge on any atom is 0.0637 e. The van der Waals surface area contributed by atoms with Crippen LogP contribution in [0, 0.1) is 17.8 Å². The van der Waals surface area contributed by atoms with Crippen LogP contribution in [-0.2, 0) is 4.74 Å². The van der Waals surface area contributed by atoms with Crippen LogP contribution in [0.5, 0.6) is 0 Å². The molecule has 1 saturated heterocycles. The third-order valence-corrected chi connectivity index (χ3v) is 6.48. The molecule has 0 spiro atoms. The molecule has 0 amide bonds. The smallest absolute Gasteiger partial charge is 0.0637 e. The van der Waals surface area contributed by atoms with Crippen molar-refractivity contribution in [3.05, 3.63) is 0 Å². The van der Waals surface area contributed by atoms with E-state index in [1.165, 1.54) is 0 Å². The number of hydrogen-bond acceptors (Lipinski definition) is 1. The van der Waals surface area contributed by atoms with Crippen molar-refractivity contribution >= 4 is 39.1 Å². The minimum absolute atomic E-state index is 0.267. The SMILES string of the molecule is CC1CC(Cl)CC2C1OC1CC(Cl)CC(Br)C12. The standard InChI is InChI=1S/C13H19BrCl2O/c1-6-2-7(15)3-9-12-10(14)4-8(16)5-11(12)17-13(6)9/h6-13H,2-5H2,1H3. The van der Waals surface area contributed by atoms with Crippen molar-refractivity contribution in [2.75, 3.05) is 0 Å². The highest BCUT2D eigenvalue weighted by Crippen LogP contribution is 2.52. The highest BCUT2D eigenvalue weighted by atomic mass is 79.9. The molecule has 8 unspecified atom stereocenters. The van der Waals surface area contributed by atoms with Crippen LogP contribution >= 0.6 is 39.1 Å². The van der Waals surface area contributed by atoms with E-state index in [9.17, 15) is 0 Å². The zero-order chi connectivity index (χ0) is 12.2. The fourth-order valence-corrected chi connectivity index (χ4v) is 6.38. The molecule has 0 aromatic heterocycles. The Morgan fingerprint density at radius 1 is 1.06 bits per heavy atom. The van der Waals surface area contributed by atoms with E-state index in [0.717, 1.165) is 25.7 Å². The zero-order valence-corrected chi connectivity index (χ0v) is 13.1. The lowest BCUT2D eigenvalue weighted by molar-refractivity contribution is -0.0183. The monoisotopic (exact) mass is 340 g/mol. The molecule has 17 heavy (non-hydrogen) atoms. The third kappa shape index (κ3) is 2.28. The summed E-state index contributed by atoms with van der Waals surface area (Å²) in [5, 5.41) is 0.602. The molecule has 4 heteroatoms. The molecule has 8 atom stereocenters. The lowest BCUT2D eigenvalue weighted by Crippen LogP contribution is -2.40. The summed E-state index contributed by atoms with van der Waals surface area (Å²) in [6.07, 6.45) is 5.07. The fraction of sp³-hybridized carbons (Fsp3) is 1.00. The van der Waals surface area contributed by atoms with E-state index in [1.54, 1.807) is 0 Å². The van der Waals surface area contributed by atoms with Crippen molar-refractivity contribution in [3.8, 4) is 0 Å². The molecule has 2 aliphatic carbocycles. The van der Waals surface area contributed by atoms with E-state index in [4.69, 9.17) is 27.9 Å². The Hall–Kier alpha value is 1.02. The van der Waals surface area contributed by atoms with Crippen molar-refractivity contribution in [2.24, 2.45) is 17.8 Å². The molecule has 3 aliphatic rings. The molecule has 0 radical (unpaired) electrons. The average molecular weight is 342 g/mol. The van der Waals surface area contributed by atoms with Gasteiger partial charge in [0, 0.05) is 21.5 Å². The van der Waals surface area contributed by atoms with E-state index in [2.05, 4.69) is 22.9 Å². The van der Waals surface area contributed by atoms with Crippen molar-refractivity contribution in [1.29, 1.82) is 0 Å². The Bertz CT molecular complexity index is 301. The summed E-state index contributed by atoms with van der Waals surface area (Å²) in [5.74, 6) is 1.86. The minimum atomic E-state index is 0.267. The van der Waals surface area contributed by atoms with Crippen LogP contribution in [0.4, 0.5) is 0 Å². The van der Waals surface area contributed by atoms with Crippen molar-refractivity contribution in [3.63, 3.8) is 0 Å². The van der Waals surface area contributed by atoms with Gasteiger partial charge in [-0.2, -0.15) is 0 Å². The highest BCUT2D eigenvalue weighted by molar-refractivity contribution is 9.09. The molecular formula is C13H19BrCl2O. The predicted octanol–water partition coefficient (Wildman–Crippen LogP) is 4.19. The van der Waals surface area contributed by atoms with Gasteiger partial charge >= 0.3 is 0 Å². The number of hydrogen-bond donors (Lipinski definition) is 0. The van der Waals surface area contributed by atoms with Gasteiger partial charge in [-0.1, -0.05) is 22.9 Å². The molecule has 98 valence electrons. The van der Waals surface area contributed by atoms with Crippen LogP contribution in [0.25, 0.3) is 0 Å². The number of ether oxygens (including phenoxy) is 1. The topological polar surface area (TPSA) is 9.23 Å². The fourth-order valence-electron chi connectivity index (χ4n) is 4.13. The molecule has 1 nitrogen and oxygen atoms in total. The summed E-state index contributed by atoms with van der Waals surface area (Å²) in [6, 6.07) is 0. The summed E-state index contributed by atoms with van der Waals surface area (Å²) < 4.78 is 6.30. The Kier molecular flexibility index (Phi) is 3.71. The van der Waals surface area contributed by atoms with Gasteiger partial charge in [0.15, 0.2) is 0 Å². The van der Waals surface area contributed by atoms with Crippen molar-refractivity contribution in [2.45, 2.75) is 60.4 Å². The molecule has 0 aromatic rings. The number of fused-ring (bicyclic) bond motifs is 3. The predicted molar refractivity (Wildman–Crippen MR) is 75.3 cm³/mol. The number of halogens is 3. The van der Waals surface area contributed by atoms with Gasteiger partial charge in [-0.25, -0.2) is 0 Å². The second kappa shape index (κ2) is 4.85. The first-order chi connectivity index (χ1) is 8.06. The summed E-state index contributed by atoms with van der Waals surface area (Å²) in [6.45, 7) is 2.28. The van der Waals surface area contributed by atoms with Crippen LogP contribution in [0.2, 0.25) is 0 Å². The molecular weight excluding hydrogens is 323 g/mol. The molecule has 0 N–H and O–H groups in total. The number of rotatable bonds is 0. The summed E-state index contributed by atoms with van der Waals surface area (Å²) in [7, 11) is 0. The van der Waals surface area contributed by atoms with Crippen molar-refractivity contribution in [1.82, 2.24) is 0 Å². The van der Waals surface area contributed by atoms with Gasteiger partial charge in [-0.3, -0.25) is 0 Å². The molecule has 2 saturated carbocycles. The highest BCUT2D eigenvalue weighted by Gasteiger charge is 2.53. The van der Waals surface area contributed by atoms with Gasteiger partial charge in [0.25, 0.3) is 0 Å². The Balaban J connectivity index is 1.82. The summed E-state index contributed by atoms with van der Waals surface area (Å²) >= 11 is 16.5. The molecule has 3 rings (SSSR count). The first kappa shape index (κ1) is 13.0. The van der Waals surface area contributed by atoms with E-state index in [-0.39, 0.29) is 5.38 Å². The summed E-state index contributed by atoms with van der Waals surface area (Å²) in [4.78, 5) is 0.507. The molecule has 0 aromatic carbocycles. The molecule has 1 heterocycles. The second-order valence-electron chi connectivity index (χ2n) is 6.01. The van der Waals surface area contributed by atoms with Gasteiger partial charge in [0.2, 0.25) is 0 Å². The minimum Gasteiger partial charge on any atom is -0.374 e. The lowest BCUT2D eigenvalue weighted by atomic mass is 9.70. The van der Waals surface area contributed by atoms with E-state index < -0.39 is 0 Å². The van der Waals surface area contributed by atoms with E-state index in [1.807, 2.05) is 0 Å². The number of alkyl halides is 3. The Labute approximate surface area is 122 Å².